The van der Waals surface area contributed by atoms with Gasteiger partial charge in [0.05, 0.1) is 17.2 Å². The summed E-state index contributed by atoms with van der Waals surface area (Å²) >= 11 is 2.92. The van der Waals surface area contributed by atoms with E-state index in [0.717, 1.165) is 0 Å². The second-order valence-corrected chi connectivity index (χ2v) is 2.78. The van der Waals surface area contributed by atoms with E-state index in [2.05, 4.69) is 20.9 Å². The Kier molecular flexibility index (Phi) is 2.72. The molecule has 0 bridgehead atoms. The molecule has 0 radical (unpaired) electrons. The molecule has 0 saturated carbocycles. The molecule has 0 unspecified atom stereocenters. The molecular formula is C6H5BrN2O3. The summed E-state index contributed by atoms with van der Waals surface area (Å²) in [4.78, 5) is 13.5. The Bertz CT molecular complexity index is 316. The first-order valence-electron chi connectivity index (χ1n) is 3.06. The minimum atomic E-state index is -0.543. The number of aromatic nitrogens is 1. The van der Waals surface area contributed by atoms with Crippen molar-refractivity contribution in [2.75, 3.05) is 0 Å². The van der Waals surface area contributed by atoms with E-state index >= 15 is 0 Å². The van der Waals surface area contributed by atoms with Gasteiger partial charge in [-0.05, 0) is 22.0 Å². The summed E-state index contributed by atoms with van der Waals surface area (Å²) in [6, 6.07) is 2.70. The van der Waals surface area contributed by atoms with Gasteiger partial charge in [-0.1, -0.05) is 0 Å². The first kappa shape index (κ1) is 9.08. The number of aliphatic hydroxyl groups excluding tert-OH is 1. The van der Waals surface area contributed by atoms with E-state index in [9.17, 15) is 10.1 Å². The summed E-state index contributed by atoms with van der Waals surface area (Å²) in [5, 5.41) is 18.9. The predicted octanol–water partition coefficient (Wildman–Crippen LogP) is 1.24. The zero-order valence-electron chi connectivity index (χ0n) is 5.90. The van der Waals surface area contributed by atoms with Crippen LogP contribution in [0.4, 0.5) is 5.69 Å². The SMILES string of the molecule is O=[N+]([O-])c1ccc(CO)nc1Br. The smallest absolute Gasteiger partial charge is 0.301 e. The van der Waals surface area contributed by atoms with Crippen LogP contribution >= 0.6 is 15.9 Å². The fourth-order valence-electron chi connectivity index (χ4n) is 0.689. The van der Waals surface area contributed by atoms with E-state index in [4.69, 9.17) is 5.11 Å². The van der Waals surface area contributed by atoms with Crippen molar-refractivity contribution in [3.8, 4) is 0 Å². The van der Waals surface area contributed by atoms with Gasteiger partial charge in [-0.2, -0.15) is 0 Å². The number of halogens is 1. The number of rotatable bonds is 2. The van der Waals surface area contributed by atoms with Crippen LogP contribution in [0.25, 0.3) is 0 Å². The van der Waals surface area contributed by atoms with Gasteiger partial charge in [0.15, 0.2) is 4.60 Å². The van der Waals surface area contributed by atoms with Crippen LogP contribution in [0.2, 0.25) is 0 Å². The van der Waals surface area contributed by atoms with Gasteiger partial charge in [-0.3, -0.25) is 10.1 Å². The maximum absolute atomic E-state index is 10.3. The number of pyridine rings is 1. The number of aliphatic hydroxyl groups is 1. The van der Waals surface area contributed by atoms with Gasteiger partial charge in [0.2, 0.25) is 0 Å². The molecule has 0 atom stereocenters. The molecule has 1 aromatic heterocycles. The highest BCUT2D eigenvalue weighted by atomic mass is 79.9. The third kappa shape index (κ3) is 1.77. The summed E-state index contributed by atoms with van der Waals surface area (Å²) in [6.07, 6.45) is 0. The molecule has 1 rings (SSSR count). The van der Waals surface area contributed by atoms with E-state index in [-0.39, 0.29) is 16.9 Å². The van der Waals surface area contributed by atoms with Crippen LogP contribution in [0.5, 0.6) is 0 Å². The molecule has 0 aliphatic heterocycles. The summed E-state index contributed by atoms with van der Waals surface area (Å²) < 4.78 is 0.138. The quantitative estimate of drug-likeness (QED) is 0.473. The van der Waals surface area contributed by atoms with Crippen molar-refractivity contribution in [2.24, 2.45) is 0 Å². The lowest BCUT2D eigenvalue weighted by Gasteiger charge is -1.96. The average Bonchev–Trinajstić information content (AvgIpc) is 2.03. The molecule has 5 nitrogen and oxygen atoms in total. The highest BCUT2D eigenvalue weighted by Crippen LogP contribution is 2.21. The molecule has 64 valence electrons. The van der Waals surface area contributed by atoms with Crippen molar-refractivity contribution in [1.29, 1.82) is 0 Å². The Morgan fingerprint density at radius 2 is 2.33 bits per heavy atom. The lowest BCUT2D eigenvalue weighted by Crippen LogP contribution is -1.95. The summed E-state index contributed by atoms with van der Waals surface area (Å²) in [5.74, 6) is 0. The molecule has 0 amide bonds. The number of hydrogen-bond acceptors (Lipinski definition) is 4. The van der Waals surface area contributed by atoms with Crippen LogP contribution in [-0.2, 0) is 6.61 Å². The van der Waals surface area contributed by atoms with Crippen molar-refractivity contribution < 1.29 is 10.0 Å². The Morgan fingerprint density at radius 3 is 2.75 bits per heavy atom. The number of nitrogens with zero attached hydrogens (tertiary/aromatic N) is 2. The van der Waals surface area contributed by atoms with E-state index in [1.807, 2.05) is 0 Å². The highest BCUT2D eigenvalue weighted by Gasteiger charge is 2.12. The molecule has 1 aromatic rings. The standard InChI is InChI=1S/C6H5BrN2O3/c7-6-5(9(11)12)2-1-4(3-10)8-6/h1-2,10H,3H2. The molecule has 0 aliphatic rings. The predicted molar refractivity (Wildman–Crippen MR) is 44.5 cm³/mol. The maximum Gasteiger partial charge on any atom is 0.301 e. The van der Waals surface area contributed by atoms with E-state index in [1.54, 1.807) is 0 Å². The number of nitro groups is 1. The zero-order valence-corrected chi connectivity index (χ0v) is 7.48. The second kappa shape index (κ2) is 3.59. The minimum Gasteiger partial charge on any atom is -0.390 e. The summed E-state index contributed by atoms with van der Waals surface area (Å²) in [7, 11) is 0. The first-order chi connectivity index (χ1) is 5.65. The third-order valence-electron chi connectivity index (χ3n) is 1.25. The van der Waals surface area contributed by atoms with Crippen molar-refractivity contribution in [1.82, 2.24) is 4.98 Å². The Morgan fingerprint density at radius 1 is 1.67 bits per heavy atom. The molecule has 0 fully saturated rings. The summed E-state index contributed by atoms with van der Waals surface area (Å²) in [5.41, 5.74) is 0.291. The molecule has 1 heterocycles. The van der Waals surface area contributed by atoms with E-state index in [1.165, 1.54) is 12.1 Å². The Labute approximate surface area is 76.3 Å². The van der Waals surface area contributed by atoms with Gasteiger partial charge in [0.25, 0.3) is 0 Å². The lowest BCUT2D eigenvalue weighted by atomic mass is 10.3. The zero-order chi connectivity index (χ0) is 9.14. The van der Waals surface area contributed by atoms with Crippen LogP contribution in [0.1, 0.15) is 5.69 Å². The topological polar surface area (TPSA) is 76.3 Å². The van der Waals surface area contributed by atoms with Crippen LogP contribution in [0.3, 0.4) is 0 Å². The molecule has 0 saturated heterocycles. The molecular weight excluding hydrogens is 228 g/mol. The fourth-order valence-corrected chi connectivity index (χ4v) is 1.19. The lowest BCUT2D eigenvalue weighted by molar-refractivity contribution is -0.386. The maximum atomic E-state index is 10.3. The number of hydrogen-bond donors (Lipinski definition) is 1. The highest BCUT2D eigenvalue weighted by molar-refractivity contribution is 9.10. The van der Waals surface area contributed by atoms with Crippen molar-refractivity contribution in [3.05, 3.63) is 32.5 Å². The first-order valence-corrected chi connectivity index (χ1v) is 3.85. The van der Waals surface area contributed by atoms with Crippen LogP contribution in [0, 0.1) is 10.1 Å². The monoisotopic (exact) mass is 232 g/mol. The third-order valence-corrected chi connectivity index (χ3v) is 1.83. The van der Waals surface area contributed by atoms with Crippen LogP contribution in [-0.4, -0.2) is 15.0 Å². The van der Waals surface area contributed by atoms with E-state index < -0.39 is 4.92 Å². The van der Waals surface area contributed by atoms with Crippen LogP contribution < -0.4 is 0 Å². The second-order valence-electron chi connectivity index (χ2n) is 2.03. The van der Waals surface area contributed by atoms with Gasteiger partial charge in [0, 0.05) is 6.07 Å². The van der Waals surface area contributed by atoms with Gasteiger partial charge < -0.3 is 5.11 Å². The minimum absolute atomic E-state index is 0.104. The van der Waals surface area contributed by atoms with Gasteiger partial charge in [-0.15, -0.1) is 0 Å². The van der Waals surface area contributed by atoms with Crippen molar-refractivity contribution in [2.45, 2.75) is 6.61 Å². The molecule has 6 heteroatoms. The molecule has 12 heavy (non-hydrogen) atoms. The Hall–Kier alpha value is -1.01. The summed E-state index contributed by atoms with van der Waals surface area (Å²) in [6.45, 7) is -0.226. The largest absolute Gasteiger partial charge is 0.390 e. The van der Waals surface area contributed by atoms with Gasteiger partial charge in [-0.25, -0.2) is 4.98 Å². The molecule has 0 spiro atoms. The van der Waals surface area contributed by atoms with Crippen molar-refractivity contribution in [3.63, 3.8) is 0 Å². The van der Waals surface area contributed by atoms with Crippen molar-refractivity contribution >= 4 is 21.6 Å². The molecule has 0 aliphatic carbocycles. The average molecular weight is 233 g/mol. The van der Waals surface area contributed by atoms with Gasteiger partial charge in [0.1, 0.15) is 0 Å². The normalized spacial score (nSPS) is 9.83. The molecule has 0 aromatic carbocycles. The Balaban J connectivity index is 3.12. The van der Waals surface area contributed by atoms with Crippen LogP contribution in [0.15, 0.2) is 16.7 Å². The molecule has 1 N–H and O–H groups in total. The van der Waals surface area contributed by atoms with E-state index in [0.29, 0.717) is 5.69 Å². The fraction of sp³-hybridized carbons (Fsp3) is 0.167. The van der Waals surface area contributed by atoms with Gasteiger partial charge >= 0.3 is 5.69 Å².